The van der Waals surface area contributed by atoms with E-state index in [0.717, 1.165) is 15.3 Å². The number of aryl methyl sites for hydroxylation is 1. The molecule has 0 aliphatic rings. The zero-order valence-electron chi connectivity index (χ0n) is 13.2. The molecular formula is C16H11F4N3O3. The largest absolute Gasteiger partial charge is 0.477 e. The predicted molar refractivity (Wildman–Crippen MR) is 82.4 cm³/mol. The smallest absolute Gasteiger partial charge is 0.435 e. The minimum Gasteiger partial charge on any atom is -0.477 e. The van der Waals surface area contributed by atoms with Crippen molar-refractivity contribution >= 4 is 17.0 Å². The Balaban J connectivity index is 2.38. The highest BCUT2D eigenvalue weighted by atomic mass is 19.4. The molecule has 6 nitrogen and oxygen atoms in total. The first-order valence-corrected chi connectivity index (χ1v) is 7.25. The molecule has 0 bridgehead atoms. The third kappa shape index (κ3) is 2.83. The molecule has 136 valence electrons. The second-order valence-corrected chi connectivity index (χ2v) is 5.55. The molecule has 1 N–H and O–H groups in total. The van der Waals surface area contributed by atoms with Crippen LogP contribution in [-0.4, -0.2) is 25.4 Å². The van der Waals surface area contributed by atoms with Gasteiger partial charge in [-0.2, -0.15) is 18.3 Å². The van der Waals surface area contributed by atoms with Crippen LogP contribution >= 0.6 is 0 Å². The molecule has 0 spiro atoms. The van der Waals surface area contributed by atoms with E-state index in [1.165, 1.54) is 25.2 Å². The number of benzene rings is 1. The van der Waals surface area contributed by atoms with Crippen LogP contribution in [0.1, 0.15) is 21.6 Å². The number of aromatic nitrogens is 3. The van der Waals surface area contributed by atoms with Crippen LogP contribution in [0.2, 0.25) is 0 Å². The number of hydrogen-bond acceptors (Lipinski definition) is 3. The Morgan fingerprint density at radius 1 is 1.27 bits per heavy atom. The van der Waals surface area contributed by atoms with Gasteiger partial charge in [-0.25, -0.2) is 9.18 Å². The Morgan fingerprint density at radius 2 is 1.92 bits per heavy atom. The summed E-state index contributed by atoms with van der Waals surface area (Å²) >= 11 is 0. The van der Waals surface area contributed by atoms with E-state index in [1.807, 2.05) is 0 Å². The minimum absolute atomic E-state index is 0.0215. The second-order valence-electron chi connectivity index (χ2n) is 5.55. The summed E-state index contributed by atoms with van der Waals surface area (Å²) in [5, 5.41) is 12.0. The van der Waals surface area contributed by atoms with Crippen LogP contribution in [0.4, 0.5) is 17.6 Å². The van der Waals surface area contributed by atoms with Crippen LogP contribution in [0, 0.1) is 5.82 Å². The maximum atomic E-state index is 13.9. The number of hydrogen-bond donors (Lipinski definition) is 1. The number of aromatic carboxylic acids is 1. The second kappa shape index (κ2) is 5.97. The van der Waals surface area contributed by atoms with E-state index < -0.39 is 46.7 Å². The standard InChI is InChI=1S/C16H11F4N3O3/c1-22-13-9(12(21-22)16(18,19)20)6-10(15(25)26)14(24)23(13)7-8-4-2-3-5-11(8)17/h2-6H,7H2,1H3,(H,25,26). The summed E-state index contributed by atoms with van der Waals surface area (Å²) in [4.78, 5) is 23.8. The molecule has 3 rings (SSSR count). The van der Waals surface area contributed by atoms with Crippen molar-refractivity contribution in [3.8, 4) is 0 Å². The topological polar surface area (TPSA) is 77.1 Å². The highest BCUT2D eigenvalue weighted by Crippen LogP contribution is 2.33. The van der Waals surface area contributed by atoms with Crippen molar-refractivity contribution < 1.29 is 27.5 Å². The predicted octanol–water partition coefficient (Wildman–Crippen LogP) is 2.64. The fourth-order valence-electron chi connectivity index (χ4n) is 2.74. The minimum atomic E-state index is -4.85. The number of carbonyl (C=O) groups is 1. The van der Waals surface area contributed by atoms with Gasteiger partial charge in [0.05, 0.1) is 11.9 Å². The summed E-state index contributed by atoms with van der Waals surface area (Å²) in [5.41, 5.74) is -3.46. The molecule has 0 radical (unpaired) electrons. The lowest BCUT2D eigenvalue weighted by Crippen LogP contribution is -2.28. The van der Waals surface area contributed by atoms with E-state index in [4.69, 9.17) is 0 Å². The van der Waals surface area contributed by atoms with Gasteiger partial charge in [0.25, 0.3) is 5.56 Å². The fourth-order valence-corrected chi connectivity index (χ4v) is 2.74. The highest BCUT2D eigenvalue weighted by Gasteiger charge is 2.38. The van der Waals surface area contributed by atoms with Crippen molar-refractivity contribution in [1.29, 1.82) is 0 Å². The lowest BCUT2D eigenvalue weighted by atomic mass is 10.1. The van der Waals surface area contributed by atoms with Crippen molar-refractivity contribution in [2.75, 3.05) is 0 Å². The Hall–Kier alpha value is -3.17. The molecule has 0 saturated carbocycles. The summed E-state index contributed by atoms with van der Waals surface area (Å²) in [6, 6.07) is 6.03. The van der Waals surface area contributed by atoms with Crippen molar-refractivity contribution in [2.45, 2.75) is 12.7 Å². The number of nitrogens with zero attached hydrogens (tertiary/aromatic N) is 3. The quantitative estimate of drug-likeness (QED) is 0.720. The van der Waals surface area contributed by atoms with Crippen LogP contribution in [0.25, 0.3) is 11.0 Å². The number of fused-ring (bicyclic) bond motifs is 1. The van der Waals surface area contributed by atoms with Gasteiger partial charge in [0.15, 0.2) is 5.69 Å². The first-order chi connectivity index (χ1) is 12.1. The Labute approximate surface area is 142 Å². The normalized spacial score (nSPS) is 11.9. The van der Waals surface area contributed by atoms with Gasteiger partial charge in [-0.1, -0.05) is 18.2 Å². The van der Waals surface area contributed by atoms with Gasteiger partial charge in [0.1, 0.15) is 17.0 Å². The van der Waals surface area contributed by atoms with Gasteiger partial charge in [0.2, 0.25) is 0 Å². The Bertz CT molecular complexity index is 1080. The molecule has 10 heteroatoms. The fraction of sp³-hybridized carbons (Fsp3) is 0.188. The monoisotopic (exact) mass is 369 g/mol. The first kappa shape index (κ1) is 17.6. The Morgan fingerprint density at radius 3 is 2.50 bits per heavy atom. The lowest BCUT2D eigenvalue weighted by Gasteiger charge is -2.11. The van der Waals surface area contributed by atoms with Crippen LogP contribution < -0.4 is 5.56 Å². The van der Waals surface area contributed by atoms with Crippen LogP contribution in [-0.2, 0) is 19.8 Å². The van der Waals surface area contributed by atoms with E-state index in [1.54, 1.807) is 0 Å². The summed E-state index contributed by atoms with van der Waals surface area (Å²) in [5.74, 6) is -2.36. The summed E-state index contributed by atoms with van der Waals surface area (Å²) < 4.78 is 55.2. The van der Waals surface area contributed by atoms with Gasteiger partial charge in [-0.3, -0.25) is 14.0 Å². The van der Waals surface area contributed by atoms with Crippen LogP contribution in [0.15, 0.2) is 35.1 Å². The molecule has 0 amide bonds. The molecule has 0 atom stereocenters. The average molecular weight is 369 g/mol. The van der Waals surface area contributed by atoms with Crippen LogP contribution in [0.3, 0.4) is 0 Å². The zero-order valence-corrected chi connectivity index (χ0v) is 13.2. The summed E-state index contributed by atoms with van der Waals surface area (Å²) in [6.07, 6.45) is -4.85. The van der Waals surface area contributed by atoms with Crippen LogP contribution in [0.5, 0.6) is 0 Å². The number of alkyl halides is 3. The molecule has 0 saturated heterocycles. The van der Waals surface area contributed by atoms with Crippen molar-refractivity contribution in [3.63, 3.8) is 0 Å². The van der Waals surface area contributed by atoms with E-state index >= 15 is 0 Å². The first-order valence-electron chi connectivity index (χ1n) is 7.25. The zero-order chi connectivity index (χ0) is 19.2. The highest BCUT2D eigenvalue weighted by molar-refractivity contribution is 5.92. The molecule has 0 unspecified atom stereocenters. The lowest BCUT2D eigenvalue weighted by molar-refractivity contribution is -0.140. The molecule has 26 heavy (non-hydrogen) atoms. The van der Waals surface area contributed by atoms with Crippen molar-refractivity contribution in [2.24, 2.45) is 7.05 Å². The van der Waals surface area contributed by atoms with Crippen molar-refractivity contribution in [3.05, 3.63) is 63.3 Å². The van der Waals surface area contributed by atoms with Gasteiger partial charge in [-0.15, -0.1) is 0 Å². The van der Waals surface area contributed by atoms with Gasteiger partial charge >= 0.3 is 12.1 Å². The molecule has 0 aliphatic heterocycles. The Kier molecular flexibility index (Phi) is 4.05. The average Bonchev–Trinajstić information content (AvgIpc) is 2.88. The third-order valence-electron chi connectivity index (χ3n) is 3.86. The van der Waals surface area contributed by atoms with Gasteiger partial charge in [-0.05, 0) is 12.1 Å². The summed E-state index contributed by atoms with van der Waals surface area (Å²) in [6.45, 7) is -0.444. The number of pyridine rings is 1. The number of carboxylic acids is 1. The SMILES string of the molecule is Cn1nc(C(F)(F)F)c2cc(C(=O)O)c(=O)n(Cc3ccccc3F)c21. The number of carboxylic acid groups (broad SMARTS) is 1. The molecule has 1 aromatic carbocycles. The molecule has 0 fully saturated rings. The molecule has 2 aromatic heterocycles. The van der Waals surface area contributed by atoms with Gasteiger partial charge in [0, 0.05) is 12.6 Å². The molecule has 0 aliphatic carbocycles. The van der Waals surface area contributed by atoms with E-state index in [2.05, 4.69) is 5.10 Å². The molecular weight excluding hydrogens is 358 g/mol. The van der Waals surface area contributed by atoms with E-state index in [0.29, 0.717) is 6.07 Å². The van der Waals surface area contributed by atoms with Crippen molar-refractivity contribution in [1.82, 2.24) is 14.3 Å². The number of halogens is 4. The number of rotatable bonds is 3. The van der Waals surface area contributed by atoms with E-state index in [9.17, 15) is 32.3 Å². The molecule has 3 aromatic rings. The third-order valence-corrected chi connectivity index (χ3v) is 3.86. The molecule has 2 heterocycles. The maximum absolute atomic E-state index is 13.9. The maximum Gasteiger partial charge on any atom is 0.435 e. The summed E-state index contributed by atoms with van der Waals surface area (Å²) in [7, 11) is 1.19. The van der Waals surface area contributed by atoms with E-state index in [-0.39, 0.29) is 11.2 Å². The van der Waals surface area contributed by atoms with Gasteiger partial charge < -0.3 is 5.11 Å².